The Bertz CT molecular complexity index is 364. The number of carbonyl (C=O) groups is 1. The van der Waals surface area contributed by atoms with Crippen molar-refractivity contribution in [2.75, 3.05) is 12.1 Å². The van der Waals surface area contributed by atoms with E-state index in [4.69, 9.17) is 10.6 Å². The predicted molar refractivity (Wildman–Crippen MR) is 60.0 cm³/mol. The second kappa shape index (κ2) is 5.29. The Balaban J connectivity index is 3.23. The van der Waals surface area contributed by atoms with Crippen molar-refractivity contribution in [1.82, 2.24) is 0 Å². The summed E-state index contributed by atoms with van der Waals surface area (Å²) in [7, 11) is 1.59. The SMILES string of the molecule is C=Cc1cccc(N(N)C=O)c1COC. The maximum Gasteiger partial charge on any atom is 0.228 e. The molecular formula is C11H14N2O2. The minimum Gasteiger partial charge on any atom is -0.380 e. The van der Waals surface area contributed by atoms with Gasteiger partial charge in [-0.15, -0.1) is 0 Å². The van der Waals surface area contributed by atoms with Crippen LogP contribution in [0.4, 0.5) is 5.69 Å². The van der Waals surface area contributed by atoms with Crippen molar-refractivity contribution in [3.05, 3.63) is 35.9 Å². The lowest BCUT2D eigenvalue weighted by Gasteiger charge is -2.16. The smallest absolute Gasteiger partial charge is 0.228 e. The Morgan fingerprint density at radius 1 is 1.60 bits per heavy atom. The van der Waals surface area contributed by atoms with Gasteiger partial charge < -0.3 is 4.74 Å². The van der Waals surface area contributed by atoms with Crippen molar-refractivity contribution in [2.45, 2.75) is 6.61 Å². The van der Waals surface area contributed by atoms with Crippen LogP contribution in [0.2, 0.25) is 0 Å². The molecule has 1 aromatic carbocycles. The molecule has 0 aliphatic rings. The summed E-state index contributed by atoms with van der Waals surface area (Å²) in [6.07, 6.45) is 2.26. The normalized spacial score (nSPS) is 9.73. The predicted octanol–water partition coefficient (Wildman–Crippen LogP) is 1.31. The van der Waals surface area contributed by atoms with E-state index in [1.807, 2.05) is 12.1 Å². The fourth-order valence-corrected chi connectivity index (χ4v) is 1.38. The van der Waals surface area contributed by atoms with Gasteiger partial charge in [0, 0.05) is 12.7 Å². The van der Waals surface area contributed by atoms with Gasteiger partial charge in [0.1, 0.15) is 0 Å². The van der Waals surface area contributed by atoms with Crippen LogP contribution in [0.3, 0.4) is 0 Å². The zero-order chi connectivity index (χ0) is 11.3. The molecular weight excluding hydrogens is 192 g/mol. The molecule has 0 bridgehead atoms. The van der Waals surface area contributed by atoms with Crippen LogP contribution in [0.1, 0.15) is 11.1 Å². The van der Waals surface area contributed by atoms with E-state index in [0.29, 0.717) is 18.7 Å². The van der Waals surface area contributed by atoms with Gasteiger partial charge in [0.25, 0.3) is 0 Å². The van der Waals surface area contributed by atoms with Crippen LogP contribution in [-0.4, -0.2) is 13.5 Å². The number of carbonyl (C=O) groups excluding carboxylic acids is 1. The lowest BCUT2D eigenvalue weighted by molar-refractivity contribution is -0.107. The Kier molecular flexibility index (Phi) is 4.03. The Labute approximate surface area is 88.9 Å². The van der Waals surface area contributed by atoms with Crippen LogP contribution < -0.4 is 10.9 Å². The van der Waals surface area contributed by atoms with Crippen LogP contribution in [-0.2, 0) is 16.1 Å². The molecule has 0 radical (unpaired) electrons. The van der Waals surface area contributed by atoms with Crippen molar-refractivity contribution in [3.63, 3.8) is 0 Å². The highest BCUT2D eigenvalue weighted by molar-refractivity contribution is 5.77. The molecule has 0 fully saturated rings. The minimum absolute atomic E-state index is 0.388. The third kappa shape index (κ3) is 2.43. The van der Waals surface area contributed by atoms with Gasteiger partial charge in [-0.25, -0.2) is 5.84 Å². The van der Waals surface area contributed by atoms with Crippen molar-refractivity contribution in [2.24, 2.45) is 5.84 Å². The number of anilines is 1. The molecule has 1 aromatic rings. The van der Waals surface area contributed by atoms with E-state index in [9.17, 15) is 4.79 Å². The zero-order valence-corrected chi connectivity index (χ0v) is 8.64. The van der Waals surface area contributed by atoms with Crippen LogP contribution in [0, 0.1) is 0 Å². The Morgan fingerprint density at radius 3 is 2.87 bits per heavy atom. The van der Waals surface area contributed by atoms with Gasteiger partial charge in [0.05, 0.1) is 12.3 Å². The van der Waals surface area contributed by atoms with E-state index in [-0.39, 0.29) is 0 Å². The van der Waals surface area contributed by atoms with Crippen molar-refractivity contribution in [1.29, 1.82) is 0 Å². The van der Waals surface area contributed by atoms with Gasteiger partial charge in [-0.1, -0.05) is 24.8 Å². The molecule has 15 heavy (non-hydrogen) atoms. The third-order valence-corrected chi connectivity index (χ3v) is 2.09. The van der Waals surface area contributed by atoms with E-state index >= 15 is 0 Å². The number of nitrogens with zero attached hydrogens (tertiary/aromatic N) is 1. The molecule has 0 unspecified atom stereocenters. The van der Waals surface area contributed by atoms with Gasteiger partial charge >= 0.3 is 0 Å². The second-order valence-electron chi connectivity index (χ2n) is 2.99. The van der Waals surface area contributed by atoms with E-state index in [1.165, 1.54) is 0 Å². The summed E-state index contributed by atoms with van der Waals surface area (Å²) in [5.74, 6) is 5.52. The Morgan fingerprint density at radius 2 is 2.33 bits per heavy atom. The van der Waals surface area contributed by atoms with Gasteiger partial charge in [0.15, 0.2) is 0 Å². The fourth-order valence-electron chi connectivity index (χ4n) is 1.38. The number of methoxy groups -OCH3 is 1. The summed E-state index contributed by atoms with van der Waals surface area (Å²) in [4.78, 5) is 10.6. The molecule has 1 rings (SSSR count). The highest BCUT2D eigenvalue weighted by Gasteiger charge is 2.09. The Hall–Kier alpha value is -1.65. The molecule has 4 nitrogen and oxygen atoms in total. The van der Waals surface area contributed by atoms with Gasteiger partial charge in [0.2, 0.25) is 6.41 Å². The first-order chi connectivity index (χ1) is 7.24. The molecule has 0 heterocycles. The van der Waals surface area contributed by atoms with Crippen molar-refractivity contribution < 1.29 is 9.53 Å². The number of ether oxygens (including phenoxy) is 1. The van der Waals surface area contributed by atoms with E-state index in [0.717, 1.165) is 16.1 Å². The summed E-state index contributed by atoms with van der Waals surface area (Å²) < 4.78 is 5.06. The molecule has 4 heteroatoms. The minimum atomic E-state index is 0.388. The molecule has 0 aromatic heterocycles. The summed E-state index contributed by atoms with van der Waals surface area (Å²) in [5, 5.41) is 1.03. The second-order valence-corrected chi connectivity index (χ2v) is 2.99. The number of rotatable bonds is 5. The first-order valence-electron chi connectivity index (χ1n) is 4.47. The van der Waals surface area contributed by atoms with E-state index < -0.39 is 0 Å². The van der Waals surface area contributed by atoms with Crippen LogP contribution in [0.15, 0.2) is 24.8 Å². The molecule has 1 amide bonds. The largest absolute Gasteiger partial charge is 0.380 e. The molecule has 0 atom stereocenters. The molecule has 0 aliphatic heterocycles. The molecule has 0 spiro atoms. The highest BCUT2D eigenvalue weighted by atomic mass is 16.5. The average molecular weight is 206 g/mol. The van der Waals surface area contributed by atoms with Crippen molar-refractivity contribution >= 4 is 18.2 Å². The first-order valence-corrected chi connectivity index (χ1v) is 4.47. The topological polar surface area (TPSA) is 55.6 Å². The van der Waals surface area contributed by atoms with Gasteiger partial charge in [-0.3, -0.25) is 9.80 Å². The lowest BCUT2D eigenvalue weighted by Crippen LogP contribution is -2.30. The number of benzene rings is 1. The highest BCUT2D eigenvalue weighted by Crippen LogP contribution is 2.23. The maximum absolute atomic E-state index is 10.6. The quantitative estimate of drug-likeness (QED) is 0.342. The zero-order valence-electron chi connectivity index (χ0n) is 8.64. The van der Waals surface area contributed by atoms with E-state index in [2.05, 4.69) is 6.58 Å². The van der Waals surface area contributed by atoms with Crippen LogP contribution >= 0.6 is 0 Å². The van der Waals surface area contributed by atoms with Gasteiger partial charge in [-0.2, -0.15) is 0 Å². The number of hydrogen-bond acceptors (Lipinski definition) is 3. The van der Waals surface area contributed by atoms with Crippen LogP contribution in [0.25, 0.3) is 6.08 Å². The molecule has 2 N–H and O–H groups in total. The fraction of sp³-hybridized carbons (Fsp3) is 0.182. The third-order valence-electron chi connectivity index (χ3n) is 2.09. The number of hydrazine groups is 1. The summed E-state index contributed by atoms with van der Waals surface area (Å²) in [6, 6.07) is 5.47. The monoisotopic (exact) mass is 206 g/mol. The average Bonchev–Trinajstić information content (AvgIpc) is 2.28. The van der Waals surface area contributed by atoms with Gasteiger partial charge in [-0.05, 0) is 11.6 Å². The maximum atomic E-state index is 10.6. The summed E-state index contributed by atoms with van der Waals surface area (Å²) in [6.45, 7) is 4.08. The molecule has 0 saturated heterocycles. The number of amides is 1. The van der Waals surface area contributed by atoms with Crippen molar-refractivity contribution in [3.8, 4) is 0 Å². The number of hydrogen-bond donors (Lipinski definition) is 1. The summed E-state index contributed by atoms with van der Waals surface area (Å²) in [5.41, 5.74) is 2.39. The standard InChI is InChI=1S/C11H14N2O2/c1-3-9-5-4-6-11(13(12)8-14)10(9)7-15-2/h3-6,8H,1,7,12H2,2H3. The van der Waals surface area contributed by atoms with Crippen LogP contribution in [0.5, 0.6) is 0 Å². The molecule has 80 valence electrons. The van der Waals surface area contributed by atoms with E-state index in [1.54, 1.807) is 19.3 Å². The first kappa shape index (κ1) is 11.4. The number of nitrogens with two attached hydrogens (primary N) is 1. The lowest BCUT2D eigenvalue weighted by atomic mass is 10.1. The summed E-state index contributed by atoms with van der Waals surface area (Å²) >= 11 is 0. The molecule has 0 saturated carbocycles. The molecule has 0 aliphatic carbocycles.